The van der Waals surface area contributed by atoms with Crippen molar-refractivity contribution in [2.45, 2.75) is 6.92 Å². The van der Waals surface area contributed by atoms with Crippen LogP contribution in [-0.2, 0) is 4.74 Å². The average molecular weight is 390 g/mol. The number of phenols is 1. The molecule has 1 saturated heterocycles. The lowest BCUT2D eigenvalue weighted by molar-refractivity contribution is 0.122. The Morgan fingerprint density at radius 1 is 1.14 bits per heavy atom. The Bertz CT molecular complexity index is 1000. The van der Waals surface area contributed by atoms with Crippen molar-refractivity contribution in [3.05, 3.63) is 59.8 Å². The zero-order valence-corrected chi connectivity index (χ0v) is 16.1. The van der Waals surface area contributed by atoms with Crippen LogP contribution in [0.2, 0.25) is 0 Å². The van der Waals surface area contributed by atoms with Gasteiger partial charge < -0.3 is 14.7 Å². The van der Waals surface area contributed by atoms with Crippen LogP contribution in [-0.4, -0.2) is 52.6 Å². The van der Waals surface area contributed by atoms with Gasteiger partial charge in [0.2, 0.25) is 0 Å². The molecule has 0 amide bonds. The summed E-state index contributed by atoms with van der Waals surface area (Å²) in [6.45, 7) is 4.84. The molecule has 0 unspecified atom stereocenters. The molecule has 0 atom stereocenters. The third-order valence-corrected chi connectivity index (χ3v) is 4.51. The summed E-state index contributed by atoms with van der Waals surface area (Å²) in [7, 11) is 0. The maximum absolute atomic E-state index is 9.87. The smallest absolute Gasteiger partial charge is 0.182 e. The van der Waals surface area contributed by atoms with Crippen LogP contribution in [0.25, 0.3) is 11.5 Å². The first-order chi connectivity index (χ1) is 14.2. The van der Waals surface area contributed by atoms with Crippen molar-refractivity contribution in [3.63, 3.8) is 0 Å². The topological polar surface area (TPSA) is 95.8 Å². The molecule has 0 bridgehead atoms. The lowest BCUT2D eigenvalue weighted by Crippen LogP contribution is -2.36. The molecule has 1 aliphatic heterocycles. The molecule has 1 fully saturated rings. The number of phenolic OH excluding ortho intramolecular Hbond substituents is 1. The molecule has 8 heteroatoms. The molecular weight excluding hydrogens is 368 g/mol. The monoisotopic (exact) mass is 390 g/mol. The molecule has 1 aromatic carbocycles. The SMILES string of the molecule is Cc1ccc(-c2nc(N/N=C/c3ccccc3O)cc(N3CCOCC3)n2)nc1. The maximum atomic E-state index is 9.87. The fourth-order valence-corrected chi connectivity index (χ4v) is 2.93. The number of nitrogens with one attached hydrogen (secondary N) is 1. The molecule has 0 aliphatic carbocycles. The fourth-order valence-electron chi connectivity index (χ4n) is 2.93. The number of para-hydroxylation sites is 1. The van der Waals surface area contributed by atoms with Gasteiger partial charge in [-0.25, -0.2) is 9.97 Å². The van der Waals surface area contributed by atoms with E-state index in [1.807, 2.05) is 31.2 Å². The van der Waals surface area contributed by atoms with Crippen LogP contribution < -0.4 is 10.3 Å². The highest BCUT2D eigenvalue weighted by Crippen LogP contribution is 2.22. The molecule has 0 saturated carbocycles. The number of anilines is 2. The predicted octanol–water partition coefficient (Wildman–Crippen LogP) is 2.84. The third kappa shape index (κ3) is 4.67. The van der Waals surface area contributed by atoms with E-state index in [2.05, 4.69) is 25.4 Å². The van der Waals surface area contributed by atoms with E-state index in [-0.39, 0.29) is 5.75 Å². The van der Waals surface area contributed by atoms with E-state index in [0.29, 0.717) is 36.1 Å². The van der Waals surface area contributed by atoms with Crippen LogP contribution in [0.1, 0.15) is 11.1 Å². The molecule has 3 aromatic rings. The number of benzene rings is 1. The average Bonchev–Trinajstić information content (AvgIpc) is 2.76. The van der Waals surface area contributed by atoms with Gasteiger partial charge in [0.1, 0.15) is 17.3 Å². The van der Waals surface area contributed by atoms with Crippen molar-refractivity contribution in [1.29, 1.82) is 0 Å². The van der Waals surface area contributed by atoms with Gasteiger partial charge in [-0.3, -0.25) is 10.4 Å². The van der Waals surface area contributed by atoms with Gasteiger partial charge in [-0.15, -0.1) is 0 Å². The van der Waals surface area contributed by atoms with E-state index in [1.54, 1.807) is 30.6 Å². The van der Waals surface area contributed by atoms with Crippen molar-refractivity contribution in [3.8, 4) is 17.3 Å². The number of nitrogens with zero attached hydrogens (tertiary/aromatic N) is 5. The lowest BCUT2D eigenvalue weighted by atomic mass is 10.2. The number of ether oxygens (including phenoxy) is 1. The highest BCUT2D eigenvalue weighted by Gasteiger charge is 2.16. The number of aromatic hydroxyl groups is 1. The van der Waals surface area contributed by atoms with Gasteiger partial charge in [0.25, 0.3) is 0 Å². The normalized spacial score (nSPS) is 14.3. The number of hydrogen-bond acceptors (Lipinski definition) is 8. The van der Waals surface area contributed by atoms with Crippen molar-refractivity contribution >= 4 is 17.9 Å². The first kappa shape index (κ1) is 18.8. The summed E-state index contributed by atoms with van der Waals surface area (Å²) >= 11 is 0. The van der Waals surface area contributed by atoms with Crippen molar-refractivity contribution < 1.29 is 9.84 Å². The number of rotatable bonds is 5. The second kappa shape index (κ2) is 8.66. The van der Waals surface area contributed by atoms with Gasteiger partial charge in [-0.1, -0.05) is 18.2 Å². The summed E-state index contributed by atoms with van der Waals surface area (Å²) in [6, 6.07) is 12.7. The Kier molecular flexibility index (Phi) is 5.62. The second-order valence-electron chi connectivity index (χ2n) is 6.68. The van der Waals surface area contributed by atoms with Crippen LogP contribution in [0.3, 0.4) is 0 Å². The number of pyridine rings is 1. The van der Waals surface area contributed by atoms with Crippen LogP contribution in [0, 0.1) is 6.92 Å². The minimum absolute atomic E-state index is 0.166. The van der Waals surface area contributed by atoms with Crippen molar-refractivity contribution in [2.75, 3.05) is 36.6 Å². The molecule has 29 heavy (non-hydrogen) atoms. The zero-order chi connectivity index (χ0) is 20.1. The van der Waals surface area contributed by atoms with Gasteiger partial charge in [0, 0.05) is 30.9 Å². The van der Waals surface area contributed by atoms with Crippen LogP contribution in [0.5, 0.6) is 5.75 Å². The molecule has 0 spiro atoms. The predicted molar refractivity (Wildman–Crippen MR) is 112 cm³/mol. The molecular formula is C21H22N6O2. The Morgan fingerprint density at radius 2 is 1.97 bits per heavy atom. The summed E-state index contributed by atoms with van der Waals surface area (Å²) in [4.78, 5) is 15.9. The molecule has 0 radical (unpaired) electrons. The summed E-state index contributed by atoms with van der Waals surface area (Å²) in [5.41, 5.74) is 5.32. The van der Waals surface area contributed by atoms with E-state index in [4.69, 9.17) is 9.72 Å². The zero-order valence-electron chi connectivity index (χ0n) is 16.1. The fraction of sp³-hybridized carbons (Fsp3) is 0.238. The lowest BCUT2D eigenvalue weighted by Gasteiger charge is -2.28. The van der Waals surface area contributed by atoms with E-state index in [0.717, 1.165) is 24.5 Å². The number of hydrazone groups is 1. The second-order valence-corrected chi connectivity index (χ2v) is 6.68. The first-order valence-corrected chi connectivity index (χ1v) is 9.41. The Hall–Kier alpha value is -3.52. The van der Waals surface area contributed by atoms with E-state index < -0.39 is 0 Å². The van der Waals surface area contributed by atoms with Gasteiger partial charge >= 0.3 is 0 Å². The summed E-state index contributed by atoms with van der Waals surface area (Å²) in [5, 5.41) is 14.1. The van der Waals surface area contributed by atoms with E-state index in [9.17, 15) is 5.11 Å². The first-order valence-electron chi connectivity index (χ1n) is 9.41. The molecule has 1 aliphatic rings. The summed E-state index contributed by atoms with van der Waals surface area (Å²) in [5.74, 6) is 2.03. The van der Waals surface area contributed by atoms with Crippen LogP contribution >= 0.6 is 0 Å². The standard InChI is InChI=1S/C21H22N6O2/c1-15-6-7-17(22-13-15)21-24-19(12-20(25-21)27-8-10-29-11-9-27)26-23-14-16-4-2-3-5-18(16)28/h2-7,12-14,28H,8-11H2,1H3,(H,24,25,26)/b23-14+. The van der Waals surface area contributed by atoms with E-state index >= 15 is 0 Å². The molecule has 2 N–H and O–H groups in total. The summed E-state index contributed by atoms with van der Waals surface area (Å²) in [6.07, 6.45) is 3.35. The Morgan fingerprint density at radius 3 is 2.72 bits per heavy atom. The number of aryl methyl sites for hydroxylation is 1. The van der Waals surface area contributed by atoms with Gasteiger partial charge in [0.15, 0.2) is 11.6 Å². The third-order valence-electron chi connectivity index (χ3n) is 4.51. The molecule has 2 aromatic heterocycles. The molecule has 148 valence electrons. The number of hydrogen-bond donors (Lipinski definition) is 2. The molecule has 8 nitrogen and oxygen atoms in total. The largest absolute Gasteiger partial charge is 0.507 e. The number of aromatic nitrogens is 3. The molecule has 4 rings (SSSR count). The maximum Gasteiger partial charge on any atom is 0.182 e. The quantitative estimate of drug-likeness (QED) is 0.511. The van der Waals surface area contributed by atoms with E-state index in [1.165, 1.54) is 0 Å². The highest BCUT2D eigenvalue weighted by atomic mass is 16.5. The molecule has 3 heterocycles. The van der Waals surface area contributed by atoms with Gasteiger partial charge in [-0.2, -0.15) is 5.10 Å². The van der Waals surface area contributed by atoms with Crippen LogP contribution in [0.4, 0.5) is 11.6 Å². The minimum Gasteiger partial charge on any atom is -0.507 e. The summed E-state index contributed by atoms with van der Waals surface area (Å²) < 4.78 is 5.44. The van der Waals surface area contributed by atoms with Crippen molar-refractivity contribution in [1.82, 2.24) is 15.0 Å². The Labute approximate surface area is 168 Å². The highest BCUT2D eigenvalue weighted by molar-refractivity contribution is 5.83. The van der Waals surface area contributed by atoms with Crippen LogP contribution in [0.15, 0.2) is 53.8 Å². The van der Waals surface area contributed by atoms with Gasteiger partial charge in [0.05, 0.1) is 19.4 Å². The Balaban J connectivity index is 1.63. The van der Waals surface area contributed by atoms with Crippen molar-refractivity contribution in [2.24, 2.45) is 5.10 Å². The van der Waals surface area contributed by atoms with Gasteiger partial charge in [-0.05, 0) is 30.7 Å². The minimum atomic E-state index is 0.166. The number of morpholine rings is 1.